The molecule has 1 N–H and O–H groups in total. The van der Waals surface area contributed by atoms with Crippen LogP contribution in [-0.4, -0.2) is 29.5 Å². The number of carbonyl (C=O) groups is 1. The van der Waals surface area contributed by atoms with E-state index in [0.29, 0.717) is 18.2 Å². The molecule has 0 aliphatic heterocycles. The van der Waals surface area contributed by atoms with E-state index in [0.717, 1.165) is 18.5 Å². The van der Waals surface area contributed by atoms with E-state index in [1.807, 2.05) is 60.5 Å². The molecule has 0 bridgehead atoms. The van der Waals surface area contributed by atoms with Crippen molar-refractivity contribution >= 4 is 17.5 Å². The highest BCUT2D eigenvalue weighted by atomic mass is 16.1. The van der Waals surface area contributed by atoms with Gasteiger partial charge in [-0.1, -0.05) is 48.5 Å². The third-order valence-corrected chi connectivity index (χ3v) is 4.09. The van der Waals surface area contributed by atoms with Crippen LogP contribution >= 0.6 is 0 Å². The van der Waals surface area contributed by atoms with Gasteiger partial charge in [0.2, 0.25) is 5.95 Å². The summed E-state index contributed by atoms with van der Waals surface area (Å²) in [6, 6.07) is 21.7. The molecule has 0 fully saturated rings. The highest BCUT2D eigenvalue weighted by Crippen LogP contribution is 2.18. The van der Waals surface area contributed by atoms with Crippen molar-refractivity contribution in [1.82, 2.24) is 15.3 Å². The second-order valence-corrected chi connectivity index (χ2v) is 5.98. The van der Waals surface area contributed by atoms with Crippen molar-refractivity contribution in [3.63, 3.8) is 0 Å². The highest BCUT2D eigenvalue weighted by molar-refractivity contribution is 5.92. The molecule has 132 valence electrons. The number of hydrogen-bond donors (Lipinski definition) is 1. The molecule has 0 aliphatic rings. The largest absolute Gasteiger partial charge is 0.351 e. The van der Waals surface area contributed by atoms with Gasteiger partial charge >= 0.3 is 0 Å². The molecule has 0 aliphatic carbocycles. The Labute approximate surface area is 153 Å². The lowest BCUT2D eigenvalue weighted by atomic mass is 10.1. The maximum atomic E-state index is 12.3. The molecule has 0 unspecified atom stereocenters. The number of anilines is 2. The summed E-state index contributed by atoms with van der Waals surface area (Å²) in [4.78, 5) is 22.9. The minimum atomic E-state index is -0.178. The molecule has 5 nitrogen and oxygen atoms in total. The maximum absolute atomic E-state index is 12.3. The van der Waals surface area contributed by atoms with Gasteiger partial charge in [-0.25, -0.2) is 9.97 Å². The van der Waals surface area contributed by atoms with Crippen LogP contribution in [0, 0.1) is 0 Å². The molecule has 0 spiro atoms. The predicted molar refractivity (Wildman–Crippen MR) is 104 cm³/mol. The van der Waals surface area contributed by atoms with Crippen LogP contribution < -0.4 is 10.2 Å². The van der Waals surface area contributed by atoms with Crippen LogP contribution in [0.15, 0.2) is 72.9 Å². The van der Waals surface area contributed by atoms with Gasteiger partial charge in [0.1, 0.15) is 5.69 Å². The van der Waals surface area contributed by atoms with E-state index in [9.17, 15) is 4.79 Å². The molecule has 1 amide bonds. The van der Waals surface area contributed by atoms with Crippen molar-refractivity contribution in [3.8, 4) is 0 Å². The summed E-state index contributed by atoms with van der Waals surface area (Å²) < 4.78 is 0. The minimum absolute atomic E-state index is 0.178. The number of aromatic nitrogens is 2. The van der Waals surface area contributed by atoms with Gasteiger partial charge in [-0.3, -0.25) is 4.79 Å². The lowest BCUT2D eigenvalue weighted by Crippen LogP contribution is -2.26. The van der Waals surface area contributed by atoms with Gasteiger partial charge < -0.3 is 10.2 Å². The van der Waals surface area contributed by atoms with Gasteiger partial charge in [-0.05, 0) is 36.6 Å². The number of amides is 1. The first-order valence-electron chi connectivity index (χ1n) is 8.68. The van der Waals surface area contributed by atoms with Crippen molar-refractivity contribution in [2.75, 3.05) is 18.5 Å². The Morgan fingerprint density at radius 2 is 1.69 bits per heavy atom. The number of rotatable bonds is 7. The van der Waals surface area contributed by atoms with Crippen LogP contribution in [0.5, 0.6) is 0 Å². The van der Waals surface area contributed by atoms with Crippen LogP contribution in [0.4, 0.5) is 11.6 Å². The quantitative estimate of drug-likeness (QED) is 0.664. The summed E-state index contributed by atoms with van der Waals surface area (Å²) in [5.74, 6) is 0.316. The summed E-state index contributed by atoms with van der Waals surface area (Å²) in [5.41, 5.74) is 2.61. The van der Waals surface area contributed by atoms with Crippen LogP contribution in [-0.2, 0) is 6.42 Å². The number of benzene rings is 2. The monoisotopic (exact) mass is 346 g/mol. The average Bonchev–Trinajstić information content (AvgIpc) is 2.72. The topological polar surface area (TPSA) is 58.1 Å². The molecule has 5 heteroatoms. The second kappa shape index (κ2) is 8.76. The molecule has 1 aromatic heterocycles. The van der Waals surface area contributed by atoms with Crippen molar-refractivity contribution in [3.05, 3.63) is 84.2 Å². The second-order valence-electron chi connectivity index (χ2n) is 5.98. The van der Waals surface area contributed by atoms with E-state index in [1.54, 1.807) is 12.3 Å². The van der Waals surface area contributed by atoms with Crippen molar-refractivity contribution < 1.29 is 4.79 Å². The Hall–Kier alpha value is -3.21. The number of nitrogens with zero attached hydrogens (tertiary/aromatic N) is 3. The molecule has 2 aromatic carbocycles. The number of nitrogens with one attached hydrogen (secondary N) is 1. The van der Waals surface area contributed by atoms with Gasteiger partial charge in [0, 0.05) is 25.5 Å². The summed E-state index contributed by atoms with van der Waals surface area (Å²) in [7, 11) is 1.88. The predicted octanol–water partition coefficient (Wildman–Crippen LogP) is 3.61. The fourth-order valence-electron chi connectivity index (χ4n) is 2.63. The van der Waals surface area contributed by atoms with Gasteiger partial charge in [-0.15, -0.1) is 0 Å². The first kappa shape index (κ1) is 17.6. The standard InChI is InChI=1S/C21H22N4O/c1-25(18-12-6-3-7-13-18)21-23-16-14-19(24-21)20(26)22-15-8-11-17-9-4-2-5-10-17/h2-7,9-10,12-14,16H,8,11,15H2,1H3,(H,22,26). The Balaban J connectivity index is 1.56. The Bertz CT molecular complexity index is 837. The maximum Gasteiger partial charge on any atom is 0.270 e. The molecule has 1 heterocycles. The molecule has 0 radical (unpaired) electrons. The van der Waals surface area contributed by atoms with E-state index >= 15 is 0 Å². The van der Waals surface area contributed by atoms with Crippen LogP contribution in [0.1, 0.15) is 22.5 Å². The Kier molecular flexibility index (Phi) is 5.93. The number of hydrogen-bond acceptors (Lipinski definition) is 4. The van der Waals surface area contributed by atoms with E-state index in [-0.39, 0.29) is 5.91 Å². The SMILES string of the molecule is CN(c1ccccc1)c1nccc(C(=O)NCCCc2ccccc2)n1. The molecule has 26 heavy (non-hydrogen) atoms. The number of carbonyl (C=O) groups excluding carboxylic acids is 1. The zero-order valence-electron chi connectivity index (χ0n) is 14.8. The lowest BCUT2D eigenvalue weighted by Gasteiger charge is -2.17. The summed E-state index contributed by atoms with van der Waals surface area (Å²) in [6.45, 7) is 0.613. The lowest BCUT2D eigenvalue weighted by molar-refractivity contribution is 0.0948. The first-order valence-corrected chi connectivity index (χ1v) is 8.68. The third kappa shape index (κ3) is 4.66. The van der Waals surface area contributed by atoms with E-state index < -0.39 is 0 Å². The highest BCUT2D eigenvalue weighted by Gasteiger charge is 2.11. The van der Waals surface area contributed by atoms with Gasteiger partial charge in [0.05, 0.1) is 0 Å². The fraction of sp³-hybridized carbons (Fsp3) is 0.190. The normalized spacial score (nSPS) is 10.3. The zero-order valence-corrected chi connectivity index (χ0v) is 14.8. The molecule has 3 rings (SSSR count). The molecular weight excluding hydrogens is 324 g/mol. The smallest absolute Gasteiger partial charge is 0.270 e. The van der Waals surface area contributed by atoms with E-state index in [4.69, 9.17) is 0 Å². The summed E-state index contributed by atoms with van der Waals surface area (Å²) in [6.07, 6.45) is 3.44. The summed E-state index contributed by atoms with van der Waals surface area (Å²) >= 11 is 0. The molecule has 0 atom stereocenters. The van der Waals surface area contributed by atoms with Crippen LogP contribution in [0.25, 0.3) is 0 Å². The number of aryl methyl sites for hydroxylation is 1. The zero-order chi connectivity index (χ0) is 18.2. The van der Waals surface area contributed by atoms with Crippen molar-refractivity contribution in [2.24, 2.45) is 0 Å². The molecule has 3 aromatic rings. The van der Waals surface area contributed by atoms with Gasteiger partial charge in [0.15, 0.2) is 0 Å². The van der Waals surface area contributed by atoms with Crippen molar-refractivity contribution in [1.29, 1.82) is 0 Å². The fourth-order valence-corrected chi connectivity index (χ4v) is 2.63. The van der Waals surface area contributed by atoms with E-state index in [2.05, 4.69) is 27.4 Å². The van der Waals surface area contributed by atoms with Gasteiger partial charge in [-0.2, -0.15) is 0 Å². The van der Waals surface area contributed by atoms with Crippen molar-refractivity contribution in [2.45, 2.75) is 12.8 Å². The molecule has 0 saturated heterocycles. The Morgan fingerprint density at radius 1 is 1.00 bits per heavy atom. The Morgan fingerprint density at radius 3 is 2.42 bits per heavy atom. The van der Waals surface area contributed by atoms with E-state index in [1.165, 1.54) is 5.56 Å². The first-order chi connectivity index (χ1) is 12.7. The van der Waals surface area contributed by atoms with Gasteiger partial charge in [0.25, 0.3) is 5.91 Å². The molecular formula is C21H22N4O. The average molecular weight is 346 g/mol. The number of para-hydroxylation sites is 1. The third-order valence-electron chi connectivity index (χ3n) is 4.09. The minimum Gasteiger partial charge on any atom is -0.351 e. The van der Waals surface area contributed by atoms with Crippen LogP contribution in [0.2, 0.25) is 0 Å². The van der Waals surface area contributed by atoms with Crippen LogP contribution in [0.3, 0.4) is 0 Å². The molecule has 0 saturated carbocycles. The summed E-state index contributed by atoms with van der Waals surface area (Å²) in [5, 5.41) is 2.93.